The number of hydrogen-bond acceptors (Lipinski definition) is 18. The number of carbonyl (C=O) groups is 3. The lowest BCUT2D eigenvalue weighted by atomic mass is 9.74. The van der Waals surface area contributed by atoms with Crippen molar-refractivity contribution in [3.8, 4) is 0 Å². The molecule has 80 heavy (non-hydrogen) atoms. The fourth-order valence-electron chi connectivity index (χ4n) is 13.0. The summed E-state index contributed by atoms with van der Waals surface area (Å²) in [6.45, 7) is 18.1. The molecule has 452 valence electrons. The number of hydrogen-bond donors (Lipinski definition) is 6. The molecule has 1 spiro atoms. The van der Waals surface area contributed by atoms with E-state index in [0.29, 0.717) is 19.5 Å². The Morgan fingerprint density at radius 3 is 2.10 bits per heavy atom. The number of ether oxygens (including phenoxy) is 7. The molecule has 0 bridgehead atoms. The van der Waals surface area contributed by atoms with Crippen molar-refractivity contribution in [2.75, 3.05) is 46.3 Å². The zero-order valence-electron chi connectivity index (χ0n) is 48.7. The van der Waals surface area contributed by atoms with Crippen molar-refractivity contribution in [3.63, 3.8) is 0 Å². The number of aromatic carboxylic acids is 1. The minimum Gasteiger partial charge on any atom is -0.477 e. The number of aliphatic hydroxyl groups is 4. The number of fused-ring (bicyclic) bond motifs is 1. The Labute approximate surface area is 472 Å². The van der Waals surface area contributed by atoms with Crippen LogP contribution in [0.4, 0.5) is 14.5 Å². The first kappa shape index (κ1) is 64.1. The molecule has 7 N–H and O–H groups in total. The van der Waals surface area contributed by atoms with Crippen molar-refractivity contribution in [3.05, 3.63) is 38.9 Å². The maximum Gasteiger partial charge on any atom is 0.341 e. The number of aromatic nitrogens is 1. The predicted molar refractivity (Wildman–Crippen MR) is 292 cm³/mol. The van der Waals surface area contributed by atoms with Gasteiger partial charge in [0.2, 0.25) is 5.43 Å². The SMILES string of the molecule is CC[C@H]1OC(=O)[C@H](C)[C@@H](O[C@H]2C[C@@](C)(OC)[C@@H](O)[C@H](C)O2)[C@H](C)[C@@H](O[C@@H]2O[C@H](C)C[C@H](N(C)C)[C@H]2O)[C@](C)(OC)C[C@@H](C)C(=O)[C@H](C)[C@@H](O)[C@]1(C)O.N[C@@H]1CN(c2c(F)cc3c(=O)c(C(=O)O)cn([C@@H]4C[C@@H]4F)c3c2Cl)CC12CC2. The Kier molecular flexibility index (Phi) is 19.4. The van der Waals surface area contributed by atoms with Gasteiger partial charge in [-0.1, -0.05) is 39.3 Å². The number of pyridine rings is 1. The number of likely N-dealkylation sites (N-methyl/N-ethyl adjacent to an activating group) is 1. The van der Waals surface area contributed by atoms with Crippen LogP contribution in [0.5, 0.6) is 0 Å². The molecule has 4 saturated heterocycles. The van der Waals surface area contributed by atoms with Gasteiger partial charge in [-0.2, -0.15) is 0 Å². The molecule has 4 aliphatic heterocycles. The van der Waals surface area contributed by atoms with Crippen molar-refractivity contribution < 1.29 is 81.9 Å². The summed E-state index contributed by atoms with van der Waals surface area (Å²) in [4.78, 5) is 55.9. The highest BCUT2D eigenvalue weighted by Gasteiger charge is 2.56. The lowest BCUT2D eigenvalue weighted by molar-refractivity contribution is -0.319. The van der Waals surface area contributed by atoms with E-state index in [4.69, 9.17) is 50.5 Å². The van der Waals surface area contributed by atoms with Crippen LogP contribution in [0.3, 0.4) is 0 Å². The molecule has 20 nitrogen and oxygen atoms in total. The van der Waals surface area contributed by atoms with E-state index in [1.54, 1.807) is 53.4 Å². The smallest absolute Gasteiger partial charge is 0.341 e. The maximum absolute atomic E-state index is 15.0. The largest absolute Gasteiger partial charge is 0.477 e. The standard InChI is InChI=1S/C38H69NO13.C19H18ClF2N3O3/c1-15-26-38(10,45)31(42)21(4)28(40)19(2)17-37(9,47-14)33(52-35-29(41)25(39(11)12)16-20(3)48-35)22(5)30(23(6)34(44)50-26)51-27-18-36(8,46-13)32(43)24(7)49-27;20-14-15-8(17(26)9(18(27)28)5-25(15)12-4-10(12)21)3-11(22)16(14)24-6-13(23)19(7-24)1-2-19/h19-27,29-33,35,41-43,45H,15-18H2,1-14H3;3,5,10,12-13H,1-2,4,6-7,23H2,(H,27,28)/t19-,20-,21+,22+,23-,24+,25+,26-,27+,29-,30+,31-,32+,33-,35+,36-,37-,38-;10-,12+,13+/m10/s1. The van der Waals surface area contributed by atoms with E-state index in [0.717, 1.165) is 25.1 Å². The molecule has 1 aromatic heterocycles. The van der Waals surface area contributed by atoms with E-state index in [-0.39, 0.29) is 76.7 Å². The summed E-state index contributed by atoms with van der Waals surface area (Å²) in [5.74, 6) is -6.62. The lowest BCUT2D eigenvalue weighted by Gasteiger charge is -2.50. The summed E-state index contributed by atoms with van der Waals surface area (Å²) in [7, 11) is 6.77. The average molecular weight is 1160 g/mol. The van der Waals surface area contributed by atoms with E-state index in [1.165, 1.54) is 25.7 Å². The third-order valence-electron chi connectivity index (χ3n) is 18.6. The normalized spacial score (nSPS) is 41.5. The van der Waals surface area contributed by atoms with Crippen LogP contribution in [0.25, 0.3) is 10.9 Å². The van der Waals surface area contributed by atoms with Gasteiger partial charge in [0.25, 0.3) is 0 Å². The van der Waals surface area contributed by atoms with E-state index in [1.807, 2.05) is 32.8 Å². The number of Topliss-reactive ketones (excluding diaryl/α,β-unsaturated/α-hetero) is 1. The first-order valence-corrected chi connectivity index (χ1v) is 28.4. The van der Waals surface area contributed by atoms with Gasteiger partial charge >= 0.3 is 11.9 Å². The molecule has 6 aliphatic rings. The van der Waals surface area contributed by atoms with Gasteiger partial charge in [-0.05, 0) is 93.8 Å². The number of nitrogens with zero attached hydrogens (tertiary/aromatic N) is 3. The number of alkyl halides is 1. The van der Waals surface area contributed by atoms with E-state index < -0.39 is 137 Å². The van der Waals surface area contributed by atoms with Crippen LogP contribution in [0.15, 0.2) is 17.1 Å². The Hall–Kier alpha value is -3.49. The number of carbonyl (C=O) groups excluding carboxylic acids is 2. The number of halogens is 3. The molecule has 5 heterocycles. The van der Waals surface area contributed by atoms with Crippen LogP contribution in [-0.4, -0.2) is 191 Å². The topological polar surface area (TPSA) is 271 Å². The van der Waals surface area contributed by atoms with Crippen molar-refractivity contribution in [2.45, 2.75) is 217 Å². The summed E-state index contributed by atoms with van der Waals surface area (Å²) in [5.41, 5.74) is 0.905. The Balaban J connectivity index is 0.000000273. The number of carboxylic acids is 1. The van der Waals surface area contributed by atoms with Crippen molar-refractivity contribution in [1.82, 2.24) is 9.47 Å². The van der Waals surface area contributed by atoms with Crippen molar-refractivity contribution >= 4 is 45.9 Å². The van der Waals surface area contributed by atoms with Crippen LogP contribution in [0, 0.1) is 34.9 Å². The minimum atomic E-state index is -1.96. The van der Waals surface area contributed by atoms with E-state index in [2.05, 4.69) is 0 Å². The van der Waals surface area contributed by atoms with Crippen LogP contribution < -0.4 is 16.1 Å². The molecule has 2 aliphatic carbocycles. The summed E-state index contributed by atoms with van der Waals surface area (Å²) in [6, 6.07) is 0.0247. The average Bonchev–Trinajstić information content (AvgIpc) is 4.38. The second-order valence-corrected chi connectivity index (χ2v) is 25.2. The van der Waals surface area contributed by atoms with Crippen LogP contribution >= 0.6 is 11.6 Å². The molecule has 23 heteroatoms. The summed E-state index contributed by atoms with van der Waals surface area (Å²) in [5, 5.41) is 54.7. The number of nitrogens with two attached hydrogens (primary N) is 1. The van der Waals surface area contributed by atoms with Crippen LogP contribution in [0.1, 0.15) is 131 Å². The zero-order chi connectivity index (χ0) is 59.6. The number of rotatable bonds is 11. The van der Waals surface area contributed by atoms with Gasteiger partial charge in [0.05, 0.1) is 75.3 Å². The summed E-state index contributed by atoms with van der Waals surface area (Å²) in [6.07, 6.45) is -6.62. The van der Waals surface area contributed by atoms with Gasteiger partial charge in [0.1, 0.15) is 47.2 Å². The highest BCUT2D eigenvalue weighted by molar-refractivity contribution is 6.38. The monoisotopic (exact) mass is 1160 g/mol. The van der Waals surface area contributed by atoms with Gasteiger partial charge in [-0.15, -0.1) is 0 Å². The quantitative estimate of drug-likeness (QED) is 0.159. The Bertz CT molecular complexity index is 2650. The zero-order valence-corrected chi connectivity index (χ0v) is 49.4. The van der Waals surface area contributed by atoms with Gasteiger partial charge in [0, 0.05) is 81.6 Å². The third-order valence-corrected chi connectivity index (χ3v) is 19.0. The number of benzene rings is 1. The molecule has 0 unspecified atom stereocenters. The lowest BCUT2D eigenvalue weighted by Crippen LogP contribution is -2.61. The molecule has 2 aromatic rings. The Morgan fingerprint density at radius 2 is 1.56 bits per heavy atom. The molecular formula is C57H87ClF2N4O16. The van der Waals surface area contributed by atoms with Gasteiger partial charge in [0.15, 0.2) is 12.6 Å². The number of cyclic esters (lactones) is 1. The fourth-order valence-corrected chi connectivity index (χ4v) is 13.4. The molecule has 6 fully saturated rings. The predicted octanol–water partition coefficient (Wildman–Crippen LogP) is 5.14. The van der Waals surface area contributed by atoms with Crippen molar-refractivity contribution in [2.24, 2.45) is 34.8 Å². The molecule has 8 rings (SSSR count). The first-order valence-electron chi connectivity index (χ1n) is 28.1. The number of ketones is 1. The number of aliphatic hydroxyl groups excluding tert-OH is 3. The van der Waals surface area contributed by atoms with E-state index in [9.17, 15) is 49.1 Å². The van der Waals surface area contributed by atoms with E-state index >= 15 is 4.39 Å². The molecule has 2 saturated carbocycles. The molecular weight excluding hydrogens is 1070 g/mol. The number of carboxylic acid groups (broad SMARTS) is 1. The highest BCUT2D eigenvalue weighted by Crippen LogP contribution is 2.54. The van der Waals surface area contributed by atoms with Crippen LogP contribution in [-0.2, 0) is 42.7 Å². The fraction of sp³-hybridized carbons (Fsp3) is 0.789. The molecule has 0 amide bonds. The van der Waals surface area contributed by atoms with Crippen LogP contribution in [0.2, 0.25) is 5.02 Å². The first-order chi connectivity index (χ1) is 37.2. The number of esters is 1. The van der Waals surface area contributed by atoms with Gasteiger partial charge in [-0.3, -0.25) is 14.4 Å². The second kappa shape index (κ2) is 24.2. The van der Waals surface area contributed by atoms with Gasteiger partial charge < -0.3 is 78.8 Å². The summed E-state index contributed by atoms with van der Waals surface area (Å²) >= 11 is 6.56. The number of methoxy groups -OCH3 is 2. The molecule has 1 aromatic carbocycles. The molecule has 21 atom stereocenters. The summed E-state index contributed by atoms with van der Waals surface area (Å²) < 4.78 is 74.1. The van der Waals surface area contributed by atoms with Crippen molar-refractivity contribution in [1.29, 1.82) is 0 Å². The Morgan fingerprint density at radius 1 is 0.938 bits per heavy atom. The third kappa shape index (κ3) is 12.4. The maximum atomic E-state index is 15.0. The second-order valence-electron chi connectivity index (χ2n) is 24.8. The number of anilines is 1. The minimum absolute atomic E-state index is 0.00645. The van der Waals surface area contributed by atoms with Gasteiger partial charge in [-0.25, -0.2) is 13.6 Å². The molecule has 0 radical (unpaired) electrons. The highest BCUT2D eigenvalue weighted by atomic mass is 35.5.